The van der Waals surface area contributed by atoms with Crippen molar-refractivity contribution in [3.63, 3.8) is 0 Å². The van der Waals surface area contributed by atoms with Gasteiger partial charge in [0.05, 0.1) is 13.7 Å². The summed E-state index contributed by atoms with van der Waals surface area (Å²) in [6, 6.07) is 15.4. The second kappa shape index (κ2) is 11.4. The number of hydrogen-bond acceptors (Lipinski definition) is 5. The summed E-state index contributed by atoms with van der Waals surface area (Å²) in [6.07, 6.45) is 3.80. The van der Waals surface area contributed by atoms with Crippen LogP contribution in [0.4, 0.5) is 0 Å². The molecule has 0 fully saturated rings. The van der Waals surface area contributed by atoms with Crippen LogP contribution >= 0.6 is 0 Å². The minimum Gasteiger partial charge on any atom is -0.493 e. The highest BCUT2D eigenvalue weighted by Crippen LogP contribution is 2.30. The van der Waals surface area contributed by atoms with Crippen LogP contribution < -0.4 is 9.47 Å². The summed E-state index contributed by atoms with van der Waals surface area (Å²) in [6.45, 7) is 2.11. The summed E-state index contributed by atoms with van der Waals surface area (Å²) >= 11 is 0. The summed E-state index contributed by atoms with van der Waals surface area (Å²) in [5, 5.41) is 27.7. The molecule has 3 N–H and O–H groups in total. The first kappa shape index (κ1) is 23.4. The summed E-state index contributed by atoms with van der Waals surface area (Å²) in [4.78, 5) is 11.3. The molecule has 0 spiro atoms. The maximum atomic E-state index is 11.3. The summed E-state index contributed by atoms with van der Waals surface area (Å²) < 4.78 is 11.2. The lowest BCUT2D eigenvalue weighted by atomic mass is 9.91. The predicted molar refractivity (Wildman–Crippen MR) is 117 cm³/mol. The molecule has 0 radical (unpaired) electrons. The molecule has 0 aliphatic heterocycles. The van der Waals surface area contributed by atoms with E-state index in [0.29, 0.717) is 23.7 Å². The molecule has 2 aromatic carbocycles. The molecular formula is C24H31NO5. The van der Waals surface area contributed by atoms with Gasteiger partial charge in [-0.25, -0.2) is 4.79 Å². The lowest BCUT2D eigenvalue weighted by Gasteiger charge is -2.22. The number of aliphatic carboxylic acids is 1. The van der Waals surface area contributed by atoms with Gasteiger partial charge < -0.3 is 25.1 Å². The van der Waals surface area contributed by atoms with Gasteiger partial charge in [0, 0.05) is 12.1 Å². The summed E-state index contributed by atoms with van der Waals surface area (Å²) in [5.74, 6) is -0.256. The Kier molecular flexibility index (Phi) is 8.87. The Hall–Kier alpha value is -2.86. The molecule has 2 aromatic rings. The first-order valence-electron chi connectivity index (χ1n) is 10.3. The molecule has 0 amide bonds. The Labute approximate surface area is 178 Å². The van der Waals surface area contributed by atoms with Crippen molar-refractivity contribution >= 4 is 11.7 Å². The van der Waals surface area contributed by atoms with Crippen molar-refractivity contribution in [1.29, 1.82) is 5.41 Å². The maximum Gasteiger partial charge on any atom is 0.336 e. The van der Waals surface area contributed by atoms with Crippen LogP contribution in [0.1, 0.15) is 50.2 Å². The van der Waals surface area contributed by atoms with Gasteiger partial charge >= 0.3 is 5.97 Å². The molecule has 0 aromatic heterocycles. The smallest absolute Gasteiger partial charge is 0.336 e. The van der Waals surface area contributed by atoms with E-state index in [1.807, 2.05) is 18.2 Å². The number of hydrogen-bond donors (Lipinski definition) is 3. The van der Waals surface area contributed by atoms with Crippen LogP contribution in [0.25, 0.3) is 0 Å². The Morgan fingerprint density at radius 3 is 2.43 bits per heavy atom. The van der Waals surface area contributed by atoms with Crippen molar-refractivity contribution in [3.05, 3.63) is 59.7 Å². The zero-order valence-corrected chi connectivity index (χ0v) is 17.7. The molecule has 0 heterocycles. The van der Waals surface area contributed by atoms with Gasteiger partial charge in [0.2, 0.25) is 0 Å². The number of unbranched alkanes of at least 4 members (excludes halogenated alkanes) is 2. The molecule has 162 valence electrons. The van der Waals surface area contributed by atoms with Gasteiger partial charge in [-0.15, -0.1) is 0 Å². The quantitative estimate of drug-likeness (QED) is 0.332. The van der Waals surface area contributed by atoms with Crippen molar-refractivity contribution in [2.75, 3.05) is 13.7 Å². The van der Waals surface area contributed by atoms with E-state index < -0.39 is 11.6 Å². The SMILES string of the molecule is CCC(O)(CC(=N)c1ccc(OC)c(OCCCCCc2ccccc2)c1)C(=O)O. The standard InChI is InChI=1S/C24H31NO5/c1-3-24(28,23(26)27)17-20(25)19-13-14-21(29-2)22(16-19)30-15-9-5-8-12-18-10-6-4-7-11-18/h4,6-7,10-11,13-14,16,25,28H,3,5,8-9,12,15,17H2,1-2H3,(H,26,27). The second-order valence-corrected chi connectivity index (χ2v) is 7.36. The van der Waals surface area contributed by atoms with E-state index in [1.54, 1.807) is 32.2 Å². The molecule has 0 aliphatic rings. The highest BCUT2D eigenvalue weighted by molar-refractivity contribution is 6.01. The number of aliphatic hydroxyl groups is 1. The molecule has 0 saturated heterocycles. The number of methoxy groups -OCH3 is 1. The topological polar surface area (TPSA) is 99.8 Å². The van der Waals surface area contributed by atoms with Gasteiger partial charge in [0.25, 0.3) is 0 Å². The highest BCUT2D eigenvalue weighted by atomic mass is 16.5. The number of ether oxygens (including phenoxy) is 2. The van der Waals surface area contributed by atoms with E-state index in [2.05, 4.69) is 12.1 Å². The third-order valence-electron chi connectivity index (χ3n) is 5.17. The first-order chi connectivity index (χ1) is 14.4. The number of carbonyl (C=O) groups is 1. The fraction of sp³-hybridized carbons (Fsp3) is 0.417. The molecule has 30 heavy (non-hydrogen) atoms. The third-order valence-corrected chi connectivity index (χ3v) is 5.17. The number of benzene rings is 2. The van der Waals surface area contributed by atoms with Crippen molar-refractivity contribution in [2.45, 2.75) is 51.0 Å². The van der Waals surface area contributed by atoms with Gasteiger partial charge in [0.1, 0.15) is 0 Å². The van der Waals surface area contributed by atoms with Crippen LogP contribution in [0.15, 0.2) is 48.5 Å². The van der Waals surface area contributed by atoms with Crippen molar-refractivity contribution in [3.8, 4) is 11.5 Å². The zero-order valence-electron chi connectivity index (χ0n) is 17.7. The van der Waals surface area contributed by atoms with Crippen LogP contribution in [0.2, 0.25) is 0 Å². The minimum atomic E-state index is -1.95. The molecule has 0 aliphatic carbocycles. The number of carboxylic acids is 1. The molecule has 0 bridgehead atoms. The van der Waals surface area contributed by atoms with E-state index >= 15 is 0 Å². The van der Waals surface area contributed by atoms with Gasteiger partial charge in [-0.3, -0.25) is 0 Å². The molecule has 2 rings (SSSR count). The second-order valence-electron chi connectivity index (χ2n) is 7.36. The monoisotopic (exact) mass is 413 g/mol. The van der Waals surface area contributed by atoms with Crippen LogP contribution in [-0.2, 0) is 11.2 Å². The lowest BCUT2D eigenvalue weighted by molar-refractivity contribution is -0.158. The van der Waals surface area contributed by atoms with Crippen molar-refractivity contribution in [1.82, 2.24) is 0 Å². The number of nitrogens with one attached hydrogen (secondary N) is 1. The van der Waals surface area contributed by atoms with Crippen LogP contribution in [0, 0.1) is 5.41 Å². The van der Waals surface area contributed by atoms with Crippen molar-refractivity contribution in [2.24, 2.45) is 0 Å². The number of aryl methyl sites for hydroxylation is 1. The van der Waals surface area contributed by atoms with E-state index in [4.69, 9.17) is 14.9 Å². The molecule has 1 unspecified atom stereocenters. The summed E-state index contributed by atoms with van der Waals surface area (Å²) in [7, 11) is 1.55. The zero-order chi connectivity index (χ0) is 22.0. The molecule has 6 heteroatoms. The molecular weight excluding hydrogens is 382 g/mol. The Morgan fingerprint density at radius 1 is 1.07 bits per heavy atom. The van der Waals surface area contributed by atoms with Crippen LogP contribution in [-0.4, -0.2) is 41.2 Å². The van der Waals surface area contributed by atoms with E-state index in [9.17, 15) is 15.0 Å². The third kappa shape index (κ3) is 6.59. The average molecular weight is 414 g/mol. The predicted octanol–water partition coefficient (Wildman–Crippen LogP) is 4.47. The fourth-order valence-electron chi connectivity index (χ4n) is 3.16. The number of carboxylic acid groups (broad SMARTS) is 1. The number of rotatable bonds is 13. The molecule has 1 atom stereocenters. The Balaban J connectivity index is 1.90. The van der Waals surface area contributed by atoms with E-state index in [0.717, 1.165) is 25.7 Å². The van der Waals surface area contributed by atoms with E-state index in [-0.39, 0.29) is 18.6 Å². The normalized spacial score (nSPS) is 12.8. The fourth-order valence-corrected chi connectivity index (χ4v) is 3.16. The van der Waals surface area contributed by atoms with Crippen molar-refractivity contribution < 1.29 is 24.5 Å². The highest BCUT2D eigenvalue weighted by Gasteiger charge is 2.35. The summed E-state index contributed by atoms with van der Waals surface area (Å²) in [5.41, 5.74) is -0.0728. The maximum absolute atomic E-state index is 11.3. The lowest BCUT2D eigenvalue weighted by Crippen LogP contribution is -2.40. The van der Waals surface area contributed by atoms with Gasteiger partial charge in [-0.2, -0.15) is 0 Å². The minimum absolute atomic E-state index is 0.0210. The van der Waals surface area contributed by atoms with E-state index in [1.165, 1.54) is 5.56 Å². The van der Waals surface area contributed by atoms with Gasteiger partial charge in [0.15, 0.2) is 17.1 Å². The molecule has 0 saturated carbocycles. The van der Waals surface area contributed by atoms with Crippen LogP contribution in [0.3, 0.4) is 0 Å². The van der Waals surface area contributed by atoms with Gasteiger partial charge in [-0.05, 0) is 61.4 Å². The first-order valence-corrected chi connectivity index (χ1v) is 10.3. The Bertz CT molecular complexity index is 837. The van der Waals surface area contributed by atoms with Gasteiger partial charge in [-0.1, -0.05) is 37.3 Å². The largest absolute Gasteiger partial charge is 0.493 e. The Morgan fingerprint density at radius 2 is 1.80 bits per heavy atom. The van der Waals surface area contributed by atoms with Crippen LogP contribution in [0.5, 0.6) is 11.5 Å². The average Bonchev–Trinajstić information content (AvgIpc) is 2.76. The molecule has 6 nitrogen and oxygen atoms in total.